The van der Waals surface area contributed by atoms with E-state index in [1.807, 2.05) is 18.7 Å². The van der Waals surface area contributed by atoms with Crippen molar-refractivity contribution in [2.75, 3.05) is 7.05 Å². The highest BCUT2D eigenvalue weighted by atomic mass is 32.2. The Balaban J connectivity index is 2.15. The highest BCUT2D eigenvalue weighted by Crippen LogP contribution is 2.21. The van der Waals surface area contributed by atoms with Gasteiger partial charge in [-0.05, 0) is 26.0 Å². The summed E-state index contributed by atoms with van der Waals surface area (Å²) in [6.45, 7) is 0.662. The predicted molar refractivity (Wildman–Crippen MR) is 70.8 cm³/mol. The number of hydrogen-bond acceptors (Lipinski definition) is 3. The Hall–Kier alpha value is -0.850. The van der Waals surface area contributed by atoms with E-state index < -0.39 is 10.0 Å². The second-order valence-corrected chi connectivity index (χ2v) is 6.63. The van der Waals surface area contributed by atoms with Crippen LogP contribution in [0.2, 0.25) is 0 Å². The number of aromatic nitrogens is 1. The molecule has 1 aromatic heterocycles. The van der Waals surface area contributed by atoms with Crippen LogP contribution < -0.4 is 10.0 Å². The van der Waals surface area contributed by atoms with Crippen molar-refractivity contribution in [3.8, 4) is 0 Å². The molecule has 0 amide bonds. The minimum Gasteiger partial charge on any atom is -0.352 e. The Labute approximate surface area is 109 Å². The van der Waals surface area contributed by atoms with Crippen molar-refractivity contribution < 1.29 is 8.42 Å². The van der Waals surface area contributed by atoms with Crippen molar-refractivity contribution in [3.05, 3.63) is 18.0 Å². The molecule has 0 bridgehead atoms. The van der Waals surface area contributed by atoms with E-state index in [1.54, 1.807) is 12.3 Å². The highest BCUT2D eigenvalue weighted by Gasteiger charge is 2.24. The zero-order valence-corrected chi connectivity index (χ0v) is 11.8. The van der Waals surface area contributed by atoms with E-state index in [0.29, 0.717) is 11.4 Å². The third-order valence-electron chi connectivity index (χ3n) is 3.43. The van der Waals surface area contributed by atoms with Crippen LogP contribution in [-0.4, -0.2) is 26.1 Å². The first-order valence-electron chi connectivity index (χ1n) is 6.35. The van der Waals surface area contributed by atoms with E-state index in [0.717, 1.165) is 31.4 Å². The standard InChI is InChI=1S/C12H21N3O2S/c1-13-8-11-7-12(9-15(11)2)18(16,17)14-10-5-3-4-6-10/h7,9-10,13-14H,3-6,8H2,1-2H3. The lowest BCUT2D eigenvalue weighted by atomic mass is 10.3. The first-order valence-corrected chi connectivity index (χ1v) is 7.83. The fourth-order valence-corrected chi connectivity index (χ4v) is 3.81. The van der Waals surface area contributed by atoms with Gasteiger partial charge in [0.2, 0.25) is 10.0 Å². The molecule has 1 aliphatic carbocycles. The minimum atomic E-state index is -3.36. The van der Waals surface area contributed by atoms with Crippen molar-refractivity contribution in [2.45, 2.75) is 43.2 Å². The summed E-state index contributed by atoms with van der Waals surface area (Å²) in [5.74, 6) is 0. The van der Waals surface area contributed by atoms with Gasteiger partial charge in [-0.3, -0.25) is 0 Å². The van der Waals surface area contributed by atoms with Gasteiger partial charge in [0.15, 0.2) is 0 Å². The van der Waals surface area contributed by atoms with Gasteiger partial charge in [-0.15, -0.1) is 0 Å². The normalized spacial score (nSPS) is 17.4. The van der Waals surface area contributed by atoms with Gasteiger partial charge in [-0.25, -0.2) is 13.1 Å². The quantitative estimate of drug-likeness (QED) is 0.838. The largest absolute Gasteiger partial charge is 0.352 e. The molecule has 0 aromatic carbocycles. The molecule has 18 heavy (non-hydrogen) atoms. The third-order valence-corrected chi connectivity index (χ3v) is 4.92. The van der Waals surface area contributed by atoms with Crippen molar-refractivity contribution in [2.24, 2.45) is 7.05 Å². The summed E-state index contributed by atoms with van der Waals surface area (Å²) < 4.78 is 29.1. The molecule has 2 rings (SSSR count). The van der Waals surface area contributed by atoms with Gasteiger partial charge >= 0.3 is 0 Å². The number of nitrogens with one attached hydrogen (secondary N) is 2. The van der Waals surface area contributed by atoms with E-state index in [2.05, 4.69) is 10.0 Å². The van der Waals surface area contributed by atoms with Crippen LogP contribution in [0.4, 0.5) is 0 Å². The summed E-state index contributed by atoms with van der Waals surface area (Å²) in [7, 11) is 0.345. The molecule has 0 spiro atoms. The molecule has 6 heteroatoms. The number of rotatable bonds is 5. The monoisotopic (exact) mass is 271 g/mol. The summed E-state index contributed by atoms with van der Waals surface area (Å²) >= 11 is 0. The highest BCUT2D eigenvalue weighted by molar-refractivity contribution is 7.89. The molecule has 0 radical (unpaired) electrons. The molecule has 1 saturated carbocycles. The number of sulfonamides is 1. The molecule has 2 N–H and O–H groups in total. The van der Waals surface area contributed by atoms with E-state index in [4.69, 9.17) is 0 Å². The average molecular weight is 271 g/mol. The van der Waals surface area contributed by atoms with E-state index in [-0.39, 0.29) is 6.04 Å². The van der Waals surface area contributed by atoms with Crippen LogP contribution in [-0.2, 0) is 23.6 Å². The minimum absolute atomic E-state index is 0.114. The van der Waals surface area contributed by atoms with Gasteiger partial charge in [-0.2, -0.15) is 0 Å². The first-order chi connectivity index (χ1) is 8.53. The Kier molecular flexibility index (Phi) is 4.09. The molecule has 0 unspecified atom stereocenters. The van der Waals surface area contributed by atoms with Crippen LogP contribution in [0.5, 0.6) is 0 Å². The maximum Gasteiger partial charge on any atom is 0.242 e. The Bertz CT molecular complexity index is 501. The molecule has 1 aromatic rings. The SMILES string of the molecule is CNCc1cc(S(=O)(=O)NC2CCCC2)cn1C. The predicted octanol–water partition coefficient (Wildman–Crippen LogP) is 0.965. The average Bonchev–Trinajstić information content (AvgIpc) is 2.90. The lowest BCUT2D eigenvalue weighted by Crippen LogP contribution is -2.32. The van der Waals surface area contributed by atoms with Crippen molar-refractivity contribution in [1.29, 1.82) is 0 Å². The molecule has 1 fully saturated rings. The number of aryl methyl sites for hydroxylation is 1. The fourth-order valence-electron chi connectivity index (χ4n) is 2.41. The fraction of sp³-hybridized carbons (Fsp3) is 0.667. The van der Waals surface area contributed by atoms with Gasteiger partial charge < -0.3 is 9.88 Å². The maximum absolute atomic E-state index is 12.2. The zero-order valence-electron chi connectivity index (χ0n) is 10.9. The first kappa shape index (κ1) is 13.6. The van der Waals surface area contributed by atoms with Crippen molar-refractivity contribution in [3.63, 3.8) is 0 Å². The van der Waals surface area contributed by atoms with Gasteiger partial charge in [0.1, 0.15) is 0 Å². The smallest absolute Gasteiger partial charge is 0.242 e. The summed E-state index contributed by atoms with van der Waals surface area (Å²) in [4.78, 5) is 0.363. The summed E-state index contributed by atoms with van der Waals surface area (Å²) in [5.41, 5.74) is 0.962. The molecule has 5 nitrogen and oxygen atoms in total. The van der Waals surface area contributed by atoms with E-state index >= 15 is 0 Å². The van der Waals surface area contributed by atoms with Crippen LogP contribution in [0.25, 0.3) is 0 Å². The molecule has 0 saturated heterocycles. The lowest BCUT2D eigenvalue weighted by molar-refractivity contribution is 0.552. The molecule has 1 heterocycles. The number of hydrogen-bond donors (Lipinski definition) is 2. The second kappa shape index (κ2) is 5.42. The zero-order chi connectivity index (χ0) is 13.2. The van der Waals surface area contributed by atoms with Gasteiger partial charge in [-0.1, -0.05) is 12.8 Å². The molecule has 0 aliphatic heterocycles. The lowest BCUT2D eigenvalue weighted by Gasteiger charge is -2.10. The molecule has 0 atom stereocenters. The molecule has 1 aliphatic rings. The van der Waals surface area contributed by atoms with Crippen LogP contribution in [0.3, 0.4) is 0 Å². The van der Waals surface area contributed by atoms with Gasteiger partial charge in [0.25, 0.3) is 0 Å². The van der Waals surface area contributed by atoms with Crippen molar-refractivity contribution >= 4 is 10.0 Å². The van der Waals surface area contributed by atoms with Crippen LogP contribution >= 0.6 is 0 Å². The van der Waals surface area contributed by atoms with E-state index in [9.17, 15) is 8.42 Å². The summed E-state index contributed by atoms with van der Waals surface area (Å²) in [5, 5.41) is 3.03. The van der Waals surface area contributed by atoms with Crippen molar-refractivity contribution in [1.82, 2.24) is 14.6 Å². The molecular formula is C12H21N3O2S. The topological polar surface area (TPSA) is 63.1 Å². The van der Waals surface area contributed by atoms with Gasteiger partial charge in [0.05, 0.1) is 4.90 Å². The second-order valence-electron chi connectivity index (χ2n) is 4.91. The Morgan fingerprint density at radius 2 is 2.06 bits per heavy atom. The maximum atomic E-state index is 12.2. The van der Waals surface area contributed by atoms with E-state index in [1.165, 1.54) is 0 Å². The Morgan fingerprint density at radius 1 is 1.39 bits per heavy atom. The molecular weight excluding hydrogens is 250 g/mol. The van der Waals surface area contributed by atoms with Crippen LogP contribution in [0.15, 0.2) is 17.2 Å². The number of nitrogens with zero attached hydrogens (tertiary/aromatic N) is 1. The summed E-state index contributed by atoms with van der Waals surface area (Å²) in [6.07, 6.45) is 5.81. The third kappa shape index (κ3) is 2.93. The molecule has 102 valence electrons. The summed E-state index contributed by atoms with van der Waals surface area (Å²) in [6, 6.07) is 1.84. The van der Waals surface area contributed by atoms with Crippen LogP contribution in [0.1, 0.15) is 31.4 Å². The van der Waals surface area contributed by atoms with Crippen LogP contribution in [0, 0.1) is 0 Å². The Morgan fingerprint density at radius 3 is 2.67 bits per heavy atom. The van der Waals surface area contributed by atoms with Gasteiger partial charge in [0, 0.05) is 31.5 Å².